The molecule has 20 heavy (non-hydrogen) atoms. The van der Waals surface area contributed by atoms with Crippen molar-refractivity contribution in [3.05, 3.63) is 30.3 Å². The van der Waals surface area contributed by atoms with E-state index in [4.69, 9.17) is 0 Å². The summed E-state index contributed by atoms with van der Waals surface area (Å²) >= 11 is 0. The van der Waals surface area contributed by atoms with Crippen molar-refractivity contribution >= 4 is 34.4 Å². The number of rotatable bonds is 5. The van der Waals surface area contributed by atoms with Crippen LogP contribution >= 0.6 is 16.1 Å². The normalized spacial score (nSPS) is 12.8. The second-order valence-electron chi connectivity index (χ2n) is 3.36. The van der Waals surface area contributed by atoms with Crippen LogP contribution in [-0.4, -0.2) is 28.0 Å². The zero-order chi connectivity index (χ0) is 15.3. The molecule has 0 unspecified atom stereocenters. The molecule has 1 aromatic rings. The first-order chi connectivity index (χ1) is 9.37. The maximum Gasteiger partial charge on any atom is 0.405 e. The van der Waals surface area contributed by atoms with Crippen LogP contribution in [0.5, 0.6) is 0 Å². The van der Waals surface area contributed by atoms with Crippen molar-refractivity contribution in [1.82, 2.24) is 0 Å². The third-order valence-electron chi connectivity index (χ3n) is 2.37. The van der Waals surface area contributed by atoms with E-state index < -0.39 is 16.1 Å². The first-order valence-corrected chi connectivity index (χ1v) is 9.21. The third kappa shape index (κ3) is 2.10. The van der Waals surface area contributed by atoms with Gasteiger partial charge in [-0.1, -0.05) is 18.2 Å². The van der Waals surface area contributed by atoms with Crippen LogP contribution < -0.4 is 0 Å². The van der Waals surface area contributed by atoms with E-state index in [2.05, 4.69) is 13.2 Å². The van der Waals surface area contributed by atoms with E-state index in [1.165, 1.54) is 18.2 Å². The molecule has 106 valence electrons. The van der Waals surface area contributed by atoms with Crippen molar-refractivity contribution in [1.29, 1.82) is 0 Å². The Morgan fingerprint density at radius 3 is 1.60 bits per heavy atom. The van der Waals surface area contributed by atoms with Crippen LogP contribution in [0, 0.1) is 0 Å². The van der Waals surface area contributed by atoms with E-state index >= 15 is 0 Å². The first kappa shape index (κ1) is 15.9. The average Bonchev–Trinajstić information content (AvgIpc) is 2.39. The van der Waals surface area contributed by atoms with E-state index in [9.17, 15) is 28.7 Å². The van der Waals surface area contributed by atoms with Gasteiger partial charge >= 0.3 is 6.80 Å². The lowest BCUT2D eigenvalue weighted by atomic mass is 10.4. The second kappa shape index (κ2) is 5.46. The van der Waals surface area contributed by atoms with E-state index in [0.717, 1.165) is 30.4 Å². The van der Waals surface area contributed by atoms with Crippen LogP contribution in [0.4, 0.5) is 0 Å². The average molecular weight is 317 g/mol. The summed E-state index contributed by atoms with van der Waals surface area (Å²) in [7, 11) is -5.65. The third-order valence-corrected chi connectivity index (χ3v) is 10.3. The predicted molar refractivity (Wildman–Crippen MR) is 70.1 cm³/mol. The molecule has 0 aliphatic carbocycles. The van der Waals surface area contributed by atoms with E-state index in [1.54, 1.807) is 0 Å². The van der Waals surface area contributed by atoms with Gasteiger partial charge in [0.25, 0.3) is 0 Å². The van der Waals surface area contributed by atoms with Crippen LogP contribution in [0.2, 0.25) is 0 Å². The first-order valence-electron chi connectivity index (χ1n) is 4.80. The fourth-order valence-corrected chi connectivity index (χ4v) is 6.45. The van der Waals surface area contributed by atoms with Gasteiger partial charge in [-0.15, -0.1) is 13.2 Å². The Bertz CT molecular complexity index is 664. The number of carbonyl (C=O) groups excluding carboxylic acids is 3. The Morgan fingerprint density at radius 2 is 1.30 bits per heavy atom. The fourth-order valence-electron chi connectivity index (χ4n) is 1.49. The van der Waals surface area contributed by atoms with Crippen LogP contribution in [0.25, 0.3) is 0 Å². The van der Waals surface area contributed by atoms with Gasteiger partial charge in [-0.2, -0.15) is 0 Å². The highest BCUT2D eigenvalue weighted by Gasteiger charge is 2.58. The number of hydrogen-bond acceptors (Lipinski definition) is 7. The molecular formula is C9H8N3O6PS. The van der Waals surface area contributed by atoms with Gasteiger partial charge in [0.1, 0.15) is 0 Å². The standard InChI is InChI=1S/C9H8N3O6PS/c13-6-10-20(11-7-14,12-8-15,19(16,17)18)9-4-2-1-3-5-9/h1-5,20H,(H2,16,17,18). The van der Waals surface area contributed by atoms with Gasteiger partial charge in [0, 0.05) is 4.90 Å². The monoisotopic (exact) mass is 317 g/mol. The molecule has 0 atom stereocenters. The van der Waals surface area contributed by atoms with Crippen LogP contribution in [0.3, 0.4) is 0 Å². The molecule has 0 bridgehead atoms. The molecule has 0 aliphatic rings. The molecule has 0 spiro atoms. The Hall–Kier alpha value is -2.14. The van der Waals surface area contributed by atoms with Crippen LogP contribution in [0.1, 0.15) is 0 Å². The molecule has 0 heterocycles. The zero-order valence-electron chi connectivity index (χ0n) is 9.65. The van der Waals surface area contributed by atoms with Gasteiger partial charge < -0.3 is 9.79 Å². The van der Waals surface area contributed by atoms with Crippen LogP contribution in [0.15, 0.2) is 48.4 Å². The minimum absolute atomic E-state index is 0.359. The number of isocyanates is 3. The Labute approximate surface area is 112 Å². The molecule has 0 aliphatic heterocycles. The van der Waals surface area contributed by atoms with Gasteiger partial charge in [0.15, 0.2) is 0 Å². The number of benzene rings is 1. The molecule has 2 N–H and O–H groups in total. The second-order valence-corrected chi connectivity index (χ2v) is 11.1. The molecule has 0 radical (unpaired) electrons. The summed E-state index contributed by atoms with van der Waals surface area (Å²) in [6.45, 7) is -5.47. The van der Waals surface area contributed by atoms with Crippen molar-refractivity contribution in [3.63, 3.8) is 0 Å². The summed E-state index contributed by atoms with van der Waals surface area (Å²) in [5.74, 6) is 0. The molecule has 0 saturated heterocycles. The molecule has 1 aromatic carbocycles. The number of nitrogens with zero attached hydrogens (tertiary/aromatic N) is 3. The summed E-state index contributed by atoms with van der Waals surface area (Å²) < 4.78 is 20.9. The van der Waals surface area contributed by atoms with E-state index in [1.807, 2.05) is 0 Å². The van der Waals surface area contributed by atoms with Crippen molar-refractivity contribution in [2.45, 2.75) is 4.90 Å². The van der Waals surface area contributed by atoms with Crippen LogP contribution in [-0.2, 0) is 18.9 Å². The lowest BCUT2D eigenvalue weighted by Gasteiger charge is -2.46. The summed E-state index contributed by atoms with van der Waals surface area (Å²) in [6.07, 6.45) is 2.76. The molecule has 0 saturated carbocycles. The topological polar surface area (TPSA) is 146 Å². The molecular weight excluding hydrogens is 309 g/mol. The molecule has 0 aromatic heterocycles. The van der Waals surface area contributed by atoms with Crippen molar-refractivity contribution < 1.29 is 28.7 Å². The minimum atomic E-state index is -5.65. The minimum Gasteiger partial charge on any atom is -0.315 e. The summed E-state index contributed by atoms with van der Waals surface area (Å²) in [5.41, 5.74) is 0. The Morgan fingerprint density at radius 1 is 0.900 bits per heavy atom. The molecule has 0 fully saturated rings. The smallest absolute Gasteiger partial charge is 0.315 e. The van der Waals surface area contributed by atoms with Gasteiger partial charge in [-0.05, 0) is 12.1 Å². The van der Waals surface area contributed by atoms with E-state index in [0.29, 0.717) is 0 Å². The fraction of sp³-hybridized carbons (Fsp3) is 0. The molecule has 0 amide bonds. The summed E-state index contributed by atoms with van der Waals surface area (Å²) in [6, 6.07) is 6.42. The number of thiol groups is 1. The van der Waals surface area contributed by atoms with Gasteiger partial charge in [0.05, 0.1) is 9.34 Å². The quantitative estimate of drug-likeness (QED) is 0.319. The van der Waals surface area contributed by atoms with Gasteiger partial charge in [-0.25, -0.2) is 18.9 Å². The Kier molecular flexibility index (Phi) is 4.35. The summed E-state index contributed by atoms with van der Waals surface area (Å²) in [4.78, 5) is 50.6. The maximum atomic E-state index is 11.9. The maximum absolute atomic E-state index is 11.9. The van der Waals surface area contributed by atoms with Crippen molar-refractivity contribution in [3.8, 4) is 0 Å². The lowest BCUT2D eigenvalue weighted by molar-refractivity contribution is 0.394. The molecule has 1 rings (SSSR count). The van der Waals surface area contributed by atoms with Crippen molar-refractivity contribution in [2.75, 3.05) is 0 Å². The highest BCUT2D eigenvalue weighted by Crippen LogP contribution is 2.98. The zero-order valence-corrected chi connectivity index (χ0v) is 11.4. The van der Waals surface area contributed by atoms with E-state index in [-0.39, 0.29) is 4.90 Å². The van der Waals surface area contributed by atoms with Gasteiger partial charge in [0.2, 0.25) is 18.2 Å². The largest absolute Gasteiger partial charge is 0.405 e. The predicted octanol–water partition coefficient (Wildman–Crippen LogP) is 0.963. The summed E-state index contributed by atoms with van der Waals surface area (Å²) in [5, 5.41) is 0. The number of hydrogen-bond donors (Lipinski definition) is 3. The van der Waals surface area contributed by atoms with Gasteiger partial charge in [-0.3, -0.25) is 0 Å². The highest BCUT2D eigenvalue weighted by molar-refractivity contribution is 8.85. The molecule has 9 nitrogen and oxygen atoms in total. The van der Waals surface area contributed by atoms with Crippen molar-refractivity contribution in [2.24, 2.45) is 13.2 Å². The molecule has 11 heteroatoms. The SMILES string of the molecule is O=C=N[SH](N=C=O)(N=C=O)(c1ccccc1)P(=O)(O)O. The highest BCUT2D eigenvalue weighted by atomic mass is 32.9. The lowest BCUT2D eigenvalue weighted by Crippen LogP contribution is -2.11. The Balaban J connectivity index is 4.17.